The summed E-state index contributed by atoms with van der Waals surface area (Å²) in [7, 11) is 0. The smallest absolute Gasteiger partial charge is 0.0898 e. The molecule has 96 valence electrons. The van der Waals surface area contributed by atoms with Crippen molar-refractivity contribution in [2.45, 2.75) is 39.2 Å². The van der Waals surface area contributed by atoms with Gasteiger partial charge in [-0.05, 0) is 52.1 Å². The lowest BCUT2D eigenvalue weighted by Gasteiger charge is -2.36. The van der Waals surface area contributed by atoms with Crippen molar-refractivity contribution in [2.75, 3.05) is 19.6 Å². The monoisotopic (exact) mass is 253 g/mol. The molecule has 0 spiro atoms. The molecule has 1 aliphatic heterocycles. The molecule has 2 rings (SSSR count). The van der Waals surface area contributed by atoms with Gasteiger partial charge in [0.25, 0.3) is 0 Å². The maximum Gasteiger partial charge on any atom is 0.0898 e. The van der Waals surface area contributed by atoms with E-state index in [1.807, 2.05) is 0 Å². The van der Waals surface area contributed by atoms with Crippen LogP contribution in [0.4, 0.5) is 0 Å². The number of hydrogen-bond donors (Lipinski definition) is 1. The number of likely N-dealkylation sites (tertiary alicyclic amines) is 1. The maximum atomic E-state index is 5.67. The van der Waals surface area contributed by atoms with Gasteiger partial charge in [-0.15, -0.1) is 11.3 Å². The van der Waals surface area contributed by atoms with E-state index in [9.17, 15) is 0 Å². The Hall–Kier alpha value is -0.450. The highest BCUT2D eigenvalue weighted by Crippen LogP contribution is 2.28. The van der Waals surface area contributed by atoms with Gasteiger partial charge in [-0.3, -0.25) is 4.90 Å². The second-order valence-corrected chi connectivity index (χ2v) is 6.11. The Kier molecular flexibility index (Phi) is 4.54. The maximum absolute atomic E-state index is 5.67. The van der Waals surface area contributed by atoms with E-state index in [2.05, 4.69) is 29.1 Å². The molecule has 0 aromatic carbocycles. The molecule has 2 atom stereocenters. The number of nitrogens with zero attached hydrogens (tertiary/aromatic N) is 2. The quantitative estimate of drug-likeness (QED) is 0.897. The molecular weight excluding hydrogens is 230 g/mol. The van der Waals surface area contributed by atoms with E-state index in [0.717, 1.165) is 12.5 Å². The fourth-order valence-corrected chi connectivity index (χ4v) is 3.38. The van der Waals surface area contributed by atoms with Gasteiger partial charge < -0.3 is 5.73 Å². The molecule has 0 bridgehead atoms. The minimum Gasteiger partial charge on any atom is -0.330 e. The number of nitrogens with two attached hydrogens (primary N) is 1. The molecule has 2 unspecified atom stereocenters. The van der Waals surface area contributed by atoms with Crippen LogP contribution in [0, 0.1) is 12.8 Å². The Bertz CT molecular complexity index is 348. The third-order valence-corrected chi connectivity index (χ3v) is 4.53. The number of piperidine rings is 1. The number of hydrogen-bond acceptors (Lipinski definition) is 4. The van der Waals surface area contributed by atoms with Crippen LogP contribution in [-0.2, 0) is 0 Å². The van der Waals surface area contributed by atoms with Crippen molar-refractivity contribution in [3.63, 3.8) is 0 Å². The normalized spacial score (nSPS) is 23.8. The predicted octanol–water partition coefficient (Wildman–Crippen LogP) is 2.57. The SMILES string of the molecule is Cc1nc(C(C)N2CCCC(CCN)C2)cs1. The first-order valence-corrected chi connectivity index (χ1v) is 7.45. The Labute approximate surface area is 108 Å². The van der Waals surface area contributed by atoms with Crippen LogP contribution >= 0.6 is 11.3 Å². The summed E-state index contributed by atoms with van der Waals surface area (Å²) in [6.45, 7) is 7.57. The topological polar surface area (TPSA) is 42.2 Å². The predicted molar refractivity (Wildman–Crippen MR) is 73.2 cm³/mol. The van der Waals surface area contributed by atoms with Crippen LogP contribution in [0.25, 0.3) is 0 Å². The molecular formula is C13H23N3S. The van der Waals surface area contributed by atoms with Gasteiger partial charge in [0, 0.05) is 11.9 Å². The summed E-state index contributed by atoms with van der Waals surface area (Å²) in [5.41, 5.74) is 6.90. The summed E-state index contributed by atoms with van der Waals surface area (Å²) in [5.74, 6) is 0.788. The second kappa shape index (κ2) is 5.94. The van der Waals surface area contributed by atoms with Gasteiger partial charge in [-0.25, -0.2) is 4.98 Å². The van der Waals surface area contributed by atoms with Gasteiger partial charge in [0.1, 0.15) is 0 Å². The summed E-state index contributed by atoms with van der Waals surface area (Å²) in [5, 5.41) is 3.37. The Morgan fingerprint density at radius 2 is 2.47 bits per heavy atom. The molecule has 0 aliphatic carbocycles. The molecule has 17 heavy (non-hydrogen) atoms. The van der Waals surface area contributed by atoms with Crippen molar-refractivity contribution in [3.8, 4) is 0 Å². The first kappa shape index (κ1) is 13.0. The fourth-order valence-electron chi connectivity index (χ4n) is 2.68. The van der Waals surface area contributed by atoms with Crippen LogP contribution in [0.2, 0.25) is 0 Å². The molecule has 0 saturated carbocycles. The van der Waals surface area contributed by atoms with E-state index in [1.165, 1.54) is 43.1 Å². The molecule has 1 aromatic rings. The van der Waals surface area contributed by atoms with Crippen LogP contribution in [0.15, 0.2) is 5.38 Å². The molecule has 1 fully saturated rings. The number of aryl methyl sites for hydroxylation is 1. The van der Waals surface area contributed by atoms with Gasteiger partial charge >= 0.3 is 0 Å². The largest absolute Gasteiger partial charge is 0.330 e. The van der Waals surface area contributed by atoms with Crippen molar-refractivity contribution in [2.24, 2.45) is 11.7 Å². The third kappa shape index (κ3) is 3.27. The number of rotatable bonds is 4. The highest BCUT2D eigenvalue weighted by Gasteiger charge is 2.24. The van der Waals surface area contributed by atoms with Gasteiger partial charge in [-0.2, -0.15) is 0 Å². The molecule has 4 heteroatoms. The Morgan fingerprint density at radius 1 is 1.65 bits per heavy atom. The third-order valence-electron chi connectivity index (χ3n) is 3.74. The van der Waals surface area contributed by atoms with Gasteiger partial charge in [0.15, 0.2) is 0 Å². The van der Waals surface area contributed by atoms with Crippen molar-refractivity contribution in [3.05, 3.63) is 16.1 Å². The zero-order valence-corrected chi connectivity index (χ0v) is 11.7. The lowest BCUT2D eigenvalue weighted by Crippen LogP contribution is -2.38. The fraction of sp³-hybridized carbons (Fsp3) is 0.769. The van der Waals surface area contributed by atoms with Crippen LogP contribution in [0.5, 0.6) is 0 Å². The average molecular weight is 253 g/mol. The Balaban J connectivity index is 1.97. The van der Waals surface area contributed by atoms with E-state index >= 15 is 0 Å². The lowest BCUT2D eigenvalue weighted by atomic mass is 9.93. The molecule has 3 nitrogen and oxygen atoms in total. The van der Waals surface area contributed by atoms with Gasteiger partial charge in [0.2, 0.25) is 0 Å². The van der Waals surface area contributed by atoms with Crippen molar-refractivity contribution >= 4 is 11.3 Å². The van der Waals surface area contributed by atoms with Crippen molar-refractivity contribution < 1.29 is 0 Å². The number of thiazole rings is 1. The minimum atomic E-state index is 0.459. The first-order chi connectivity index (χ1) is 8.20. The first-order valence-electron chi connectivity index (χ1n) is 6.57. The van der Waals surface area contributed by atoms with E-state index in [4.69, 9.17) is 5.73 Å². The lowest BCUT2D eigenvalue weighted by molar-refractivity contribution is 0.126. The van der Waals surface area contributed by atoms with Gasteiger partial charge in [0.05, 0.1) is 16.7 Å². The van der Waals surface area contributed by atoms with E-state index in [0.29, 0.717) is 6.04 Å². The highest BCUT2D eigenvalue weighted by atomic mass is 32.1. The average Bonchev–Trinajstić information content (AvgIpc) is 2.76. The van der Waals surface area contributed by atoms with E-state index < -0.39 is 0 Å². The summed E-state index contributed by atoms with van der Waals surface area (Å²) in [6.07, 6.45) is 3.81. The Morgan fingerprint density at radius 3 is 3.12 bits per heavy atom. The molecule has 1 aliphatic rings. The van der Waals surface area contributed by atoms with E-state index in [-0.39, 0.29) is 0 Å². The molecule has 0 amide bonds. The standard InChI is InChI=1S/C13H23N3S/c1-10(13-9-17-11(2)15-13)16-7-3-4-12(8-16)5-6-14/h9-10,12H,3-8,14H2,1-2H3. The van der Waals surface area contributed by atoms with Crippen LogP contribution in [0.3, 0.4) is 0 Å². The molecule has 2 N–H and O–H groups in total. The zero-order valence-electron chi connectivity index (χ0n) is 10.9. The van der Waals surface area contributed by atoms with Crippen LogP contribution < -0.4 is 5.73 Å². The van der Waals surface area contributed by atoms with Crippen molar-refractivity contribution in [1.82, 2.24) is 9.88 Å². The summed E-state index contributed by atoms with van der Waals surface area (Å²) in [4.78, 5) is 7.18. The molecule has 0 radical (unpaired) electrons. The number of aromatic nitrogens is 1. The van der Waals surface area contributed by atoms with Crippen LogP contribution in [-0.4, -0.2) is 29.5 Å². The van der Waals surface area contributed by atoms with E-state index in [1.54, 1.807) is 11.3 Å². The summed E-state index contributed by atoms with van der Waals surface area (Å²) in [6, 6.07) is 0.459. The van der Waals surface area contributed by atoms with Crippen LogP contribution in [0.1, 0.15) is 42.9 Å². The second-order valence-electron chi connectivity index (χ2n) is 5.05. The minimum absolute atomic E-state index is 0.459. The van der Waals surface area contributed by atoms with Gasteiger partial charge in [-0.1, -0.05) is 0 Å². The highest BCUT2D eigenvalue weighted by molar-refractivity contribution is 7.09. The molecule has 1 saturated heterocycles. The molecule has 1 aromatic heterocycles. The summed E-state index contributed by atoms with van der Waals surface area (Å²) >= 11 is 1.75. The summed E-state index contributed by atoms with van der Waals surface area (Å²) < 4.78 is 0. The molecule has 2 heterocycles. The van der Waals surface area contributed by atoms with Crippen molar-refractivity contribution in [1.29, 1.82) is 0 Å². The zero-order chi connectivity index (χ0) is 12.3.